The largest absolute Gasteiger partial charge is 0.326 e. The van der Waals surface area contributed by atoms with E-state index >= 15 is 0 Å². The molecule has 1 saturated heterocycles. The average Bonchev–Trinajstić information content (AvgIpc) is 1.82. The highest BCUT2D eigenvalue weighted by Crippen LogP contribution is 2.18. The highest BCUT2D eigenvalue weighted by Gasteiger charge is 2.29. The van der Waals surface area contributed by atoms with Gasteiger partial charge < -0.3 is 11.5 Å². The van der Waals surface area contributed by atoms with Crippen LogP contribution in [0.1, 0.15) is 27.2 Å². The summed E-state index contributed by atoms with van der Waals surface area (Å²) in [5.41, 5.74) is 12.0. The molecule has 0 spiro atoms. The molecule has 1 rings (SSSR count). The van der Waals surface area contributed by atoms with Gasteiger partial charge in [-0.05, 0) is 27.2 Å². The van der Waals surface area contributed by atoms with Crippen molar-refractivity contribution in [2.24, 2.45) is 11.5 Å². The first kappa shape index (κ1) is 9.96. The summed E-state index contributed by atoms with van der Waals surface area (Å²) in [6, 6.07) is 0.515. The molecule has 3 nitrogen and oxygen atoms in total. The molecule has 0 aromatic carbocycles. The highest BCUT2D eigenvalue weighted by atomic mass is 15.2. The average molecular weight is 171 g/mol. The molecule has 0 aliphatic carbocycles. The molecule has 4 N–H and O–H groups in total. The minimum Gasteiger partial charge on any atom is -0.326 e. The van der Waals surface area contributed by atoms with Crippen LogP contribution in [0.2, 0.25) is 0 Å². The first-order valence-corrected chi connectivity index (χ1v) is 4.66. The van der Waals surface area contributed by atoms with Crippen LogP contribution in [0, 0.1) is 0 Å². The van der Waals surface area contributed by atoms with Crippen molar-refractivity contribution in [3.05, 3.63) is 0 Å². The van der Waals surface area contributed by atoms with Gasteiger partial charge in [-0.25, -0.2) is 0 Å². The number of rotatable bonds is 0. The lowest BCUT2D eigenvalue weighted by Gasteiger charge is -2.42. The lowest BCUT2D eigenvalue weighted by molar-refractivity contribution is 0.0890. The minimum atomic E-state index is 0.204. The van der Waals surface area contributed by atoms with Crippen LogP contribution < -0.4 is 11.5 Å². The Hall–Kier alpha value is -0.120. The van der Waals surface area contributed by atoms with Crippen molar-refractivity contribution in [1.82, 2.24) is 4.90 Å². The maximum atomic E-state index is 5.89. The first-order valence-electron chi connectivity index (χ1n) is 4.66. The third-order valence-electron chi connectivity index (χ3n) is 2.46. The fraction of sp³-hybridized carbons (Fsp3) is 1.00. The Balaban J connectivity index is 2.55. The van der Waals surface area contributed by atoms with Gasteiger partial charge in [0.05, 0.1) is 0 Å². The Morgan fingerprint density at radius 1 is 1.08 bits per heavy atom. The number of likely N-dealkylation sites (tertiary alicyclic amines) is 1. The van der Waals surface area contributed by atoms with Crippen molar-refractivity contribution < 1.29 is 0 Å². The lowest BCUT2D eigenvalue weighted by Crippen LogP contribution is -2.57. The van der Waals surface area contributed by atoms with Gasteiger partial charge in [-0.1, -0.05) is 0 Å². The summed E-state index contributed by atoms with van der Waals surface area (Å²) in [6.07, 6.45) is 0.965. The monoisotopic (exact) mass is 171 g/mol. The predicted molar refractivity (Wildman–Crippen MR) is 51.9 cm³/mol. The van der Waals surface area contributed by atoms with Crippen molar-refractivity contribution in [1.29, 1.82) is 0 Å². The van der Waals surface area contributed by atoms with Crippen LogP contribution >= 0.6 is 0 Å². The molecule has 1 fully saturated rings. The van der Waals surface area contributed by atoms with Crippen LogP contribution in [0.15, 0.2) is 0 Å². The number of nitrogens with two attached hydrogens (primary N) is 2. The topological polar surface area (TPSA) is 55.3 Å². The summed E-state index contributed by atoms with van der Waals surface area (Å²) >= 11 is 0. The van der Waals surface area contributed by atoms with Crippen molar-refractivity contribution in [2.75, 3.05) is 13.1 Å². The molecule has 0 radical (unpaired) electrons. The van der Waals surface area contributed by atoms with E-state index in [1.807, 2.05) is 0 Å². The van der Waals surface area contributed by atoms with E-state index in [0.717, 1.165) is 19.5 Å². The summed E-state index contributed by atoms with van der Waals surface area (Å²) < 4.78 is 0. The van der Waals surface area contributed by atoms with Gasteiger partial charge in [0.15, 0.2) is 0 Å². The molecular weight excluding hydrogens is 150 g/mol. The molecule has 72 valence electrons. The van der Waals surface area contributed by atoms with E-state index in [4.69, 9.17) is 11.5 Å². The molecular formula is C9H21N3. The van der Waals surface area contributed by atoms with Crippen molar-refractivity contribution >= 4 is 0 Å². The Morgan fingerprint density at radius 3 is 1.83 bits per heavy atom. The predicted octanol–water partition coefficient (Wildman–Crippen LogP) is 0.145. The molecule has 1 aliphatic rings. The van der Waals surface area contributed by atoms with Gasteiger partial charge in [0.2, 0.25) is 0 Å². The van der Waals surface area contributed by atoms with Gasteiger partial charge in [0.25, 0.3) is 0 Å². The van der Waals surface area contributed by atoms with Crippen LogP contribution in [-0.2, 0) is 0 Å². The highest BCUT2D eigenvalue weighted by molar-refractivity contribution is 4.89. The summed E-state index contributed by atoms with van der Waals surface area (Å²) in [5, 5.41) is 0. The van der Waals surface area contributed by atoms with Crippen molar-refractivity contribution in [3.8, 4) is 0 Å². The second-order valence-electron chi connectivity index (χ2n) is 4.83. The zero-order valence-corrected chi connectivity index (χ0v) is 8.38. The van der Waals surface area contributed by atoms with Crippen molar-refractivity contribution in [3.63, 3.8) is 0 Å². The van der Waals surface area contributed by atoms with Gasteiger partial charge in [0.1, 0.15) is 0 Å². The minimum absolute atomic E-state index is 0.204. The molecule has 2 unspecified atom stereocenters. The molecule has 0 aromatic rings. The molecule has 0 bridgehead atoms. The fourth-order valence-electron chi connectivity index (χ4n) is 1.73. The summed E-state index contributed by atoms with van der Waals surface area (Å²) in [7, 11) is 0. The third-order valence-corrected chi connectivity index (χ3v) is 2.46. The third kappa shape index (κ3) is 2.44. The van der Waals surface area contributed by atoms with E-state index in [1.54, 1.807) is 0 Å². The first-order chi connectivity index (χ1) is 5.39. The Kier molecular flexibility index (Phi) is 2.76. The number of nitrogens with zero attached hydrogens (tertiary/aromatic N) is 1. The van der Waals surface area contributed by atoms with E-state index in [-0.39, 0.29) is 17.6 Å². The molecule has 1 heterocycles. The molecule has 0 aromatic heterocycles. The maximum absolute atomic E-state index is 5.89. The lowest BCUT2D eigenvalue weighted by atomic mass is 9.96. The van der Waals surface area contributed by atoms with E-state index in [2.05, 4.69) is 25.7 Å². The van der Waals surface area contributed by atoms with Gasteiger partial charge in [-0.15, -0.1) is 0 Å². The van der Waals surface area contributed by atoms with E-state index in [0.29, 0.717) is 0 Å². The van der Waals surface area contributed by atoms with Crippen LogP contribution in [0.5, 0.6) is 0 Å². The van der Waals surface area contributed by atoms with Gasteiger partial charge in [-0.3, -0.25) is 4.90 Å². The van der Waals surface area contributed by atoms with Gasteiger partial charge in [-0.2, -0.15) is 0 Å². The molecule has 3 heteroatoms. The van der Waals surface area contributed by atoms with Crippen molar-refractivity contribution in [2.45, 2.75) is 44.8 Å². The van der Waals surface area contributed by atoms with Crippen LogP contribution in [-0.4, -0.2) is 35.6 Å². The summed E-state index contributed by atoms with van der Waals surface area (Å²) in [5.74, 6) is 0. The standard InChI is InChI=1S/C9H21N3/c1-9(2,3)12-5-7(10)4-8(11)6-12/h7-8H,4-6,10-11H2,1-3H3. The normalized spacial score (nSPS) is 33.8. The molecule has 12 heavy (non-hydrogen) atoms. The number of piperidine rings is 1. The molecule has 0 saturated carbocycles. The smallest absolute Gasteiger partial charge is 0.0183 e. The van der Waals surface area contributed by atoms with E-state index in [9.17, 15) is 0 Å². The Morgan fingerprint density at radius 2 is 1.50 bits per heavy atom. The Bertz CT molecular complexity index is 140. The van der Waals surface area contributed by atoms with E-state index in [1.165, 1.54) is 0 Å². The fourth-order valence-corrected chi connectivity index (χ4v) is 1.73. The molecule has 2 atom stereocenters. The van der Waals surface area contributed by atoms with Crippen LogP contribution in [0.3, 0.4) is 0 Å². The molecule has 1 aliphatic heterocycles. The Labute approximate surface area is 75.1 Å². The quantitative estimate of drug-likeness (QED) is 0.545. The zero-order chi connectivity index (χ0) is 9.35. The number of hydrogen-bond acceptors (Lipinski definition) is 3. The summed E-state index contributed by atoms with van der Waals surface area (Å²) in [6.45, 7) is 8.59. The molecule has 0 amide bonds. The second kappa shape index (κ2) is 3.32. The van der Waals surface area contributed by atoms with Gasteiger partial charge in [0, 0.05) is 30.7 Å². The van der Waals surface area contributed by atoms with E-state index < -0.39 is 0 Å². The SMILES string of the molecule is CC(C)(C)N1CC(N)CC(N)C1. The number of hydrogen-bond donors (Lipinski definition) is 2. The van der Waals surface area contributed by atoms with Crippen LogP contribution in [0.25, 0.3) is 0 Å². The van der Waals surface area contributed by atoms with Gasteiger partial charge >= 0.3 is 0 Å². The van der Waals surface area contributed by atoms with Crippen LogP contribution in [0.4, 0.5) is 0 Å². The maximum Gasteiger partial charge on any atom is 0.0183 e. The zero-order valence-electron chi connectivity index (χ0n) is 8.38. The second-order valence-corrected chi connectivity index (χ2v) is 4.83. The summed E-state index contributed by atoms with van der Waals surface area (Å²) in [4.78, 5) is 2.37.